The number of hydrogen-bond donors (Lipinski definition) is 1. The summed E-state index contributed by atoms with van der Waals surface area (Å²) in [5.74, 6) is 0.792. The molecule has 2 saturated heterocycles. The zero-order valence-corrected chi connectivity index (χ0v) is 12.5. The van der Waals surface area contributed by atoms with Crippen LogP contribution in [0.4, 0.5) is 0 Å². The molecule has 20 heavy (non-hydrogen) atoms. The molecule has 1 unspecified atom stereocenters. The lowest BCUT2D eigenvalue weighted by Crippen LogP contribution is -2.58. The van der Waals surface area contributed by atoms with Gasteiger partial charge in [0.15, 0.2) is 5.82 Å². The van der Waals surface area contributed by atoms with Crippen molar-refractivity contribution in [3.05, 3.63) is 5.82 Å². The Morgan fingerprint density at radius 2 is 2.00 bits per heavy atom. The highest BCUT2D eigenvalue weighted by molar-refractivity contribution is 4.93. The lowest BCUT2D eigenvalue weighted by molar-refractivity contribution is 0.0328. The fourth-order valence-electron chi connectivity index (χ4n) is 2.79. The maximum atomic E-state index is 9.56. The SMILES string of the molecule is CC(C)(C)n1nnc(CN2CC(N3CCC(O)C3)C2)n1. The van der Waals surface area contributed by atoms with E-state index in [2.05, 4.69) is 46.0 Å². The highest BCUT2D eigenvalue weighted by Crippen LogP contribution is 2.21. The van der Waals surface area contributed by atoms with Crippen molar-refractivity contribution in [3.8, 4) is 0 Å². The predicted octanol–water partition coefficient (Wildman–Crippen LogP) is -0.321. The number of aliphatic hydroxyl groups excluding tert-OH is 1. The van der Waals surface area contributed by atoms with E-state index in [0.29, 0.717) is 6.04 Å². The molecule has 7 heteroatoms. The van der Waals surface area contributed by atoms with Crippen LogP contribution in [-0.2, 0) is 12.1 Å². The van der Waals surface area contributed by atoms with E-state index in [9.17, 15) is 5.11 Å². The van der Waals surface area contributed by atoms with Gasteiger partial charge in [0.2, 0.25) is 0 Å². The van der Waals surface area contributed by atoms with Crippen LogP contribution >= 0.6 is 0 Å². The second-order valence-corrected chi connectivity index (χ2v) is 6.95. The van der Waals surface area contributed by atoms with E-state index in [1.54, 1.807) is 4.80 Å². The van der Waals surface area contributed by atoms with Crippen molar-refractivity contribution in [2.24, 2.45) is 0 Å². The van der Waals surface area contributed by atoms with Crippen LogP contribution in [0.3, 0.4) is 0 Å². The Bertz CT molecular complexity index is 462. The van der Waals surface area contributed by atoms with Gasteiger partial charge in [0.25, 0.3) is 0 Å². The largest absolute Gasteiger partial charge is 0.392 e. The van der Waals surface area contributed by atoms with Crippen LogP contribution in [-0.4, -0.2) is 73.4 Å². The summed E-state index contributed by atoms with van der Waals surface area (Å²) < 4.78 is 0. The number of aromatic nitrogens is 4. The fourth-order valence-corrected chi connectivity index (χ4v) is 2.79. The molecule has 0 spiro atoms. The highest BCUT2D eigenvalue weighted by atomic mass is 16.3. The van der Waals surface area contributed by atoms with E-state index < -0.39 is 0 Å². The molecule has 1 aromatic rings. The van der Waals surface area contributed by atoms with Crippen LogP contribution < -0.4 is 0 Å². The highest BCUT2D eigenvalue weighted by Gasteiger charge is 2.35. The molecule has 1 aromatic heterocycles. The predicted molar refractivity (Wildman–Crippen MR) is 74.1 cm³/mol. The average molecular weight is 280 g/mol. The molecule has 0 aromatic carbocycles. The molecule has 3 heterocycles. The van der Waals surface area contributed by atoms with Gasteiger partial charge in [0.05, 0.1) is 18.2 Å². The van der Waals surface area contributed by atoms with Gasteiger partial charge in [-0.1, -0.05) is 0 Å². The van der Waals surface area contributed by atoms with Crippen molar-refractivity contribution < 1.29 is 5.11 Å². The van der Waals surface area contributed by atoms with Crippen molar-refractivity contribution in [1.82, 2.24) is 30.0 Å². The third-order valence-corrected chi connectivity index (χ3v) is 4.07. The van der Waals surface area contributed by atoms with Gasteiger partial charge in [-0.05, 0) is 32.4 Å². The van der Waals surface area contributed by atoms with E-state index >= 15 is 0 Å². The molecule has 1 N–H and O–H groups in total. The minimum Gasteiger partial charge on any atom is -0.392 e. The monoisotopic (exact) mass is 280 g/mol. The summed E-state index contributed by atoms with van der Waals surface area (Å²) in [5, 5.41) is 22.2. The number of hydrogen-bond acceptors (Lipinski definition) is 6. The van der Waals surface area contributed by atoms with Gasteiger partial charge in [-0.3, -0.25) is 9.80 Å². The molecule has 0 aliphatic carbocycles. The minimum absolute atomic E-state index is 0.117. The summed E-state index contributed by atoms with van der Waals surface area (Å²) in [6.07, 6.45) is 0.787. The van der Waals surface area contributed by atoms with E-state index in [1.165, 1.54) is 0 Å². The molecule has 0 saturated carbocycles. The Morgan fingerprint density at radius 1 is 1.25 bits per heavy atom. The Labute approximate surface area is 119 Å². The van der Waals surface area contributed by atoms with Crippen LogP contribution in [0.25, 0.3) is 0 Å². The summed E-state index contributed by atoms with van der Waals surface area (Å²) >= 11 is 0. The third kappa shape index (κ3) is 2.84. The van der Waals surface area contributed by atoms with Gasteiger partial charge in [0.1, 0.15) is 0 Å². The van der Waals surface area contributed by atoms with Crippen molar-refractivity contribution >= 4 is 0 Å². The molecule has 2 aliphatic heterocycles. The minimum atomic E-state index is -0.127. The molecule has 7 nitrogen and oxygen atoms in total. The van der Waals surface area contributed by atoms with E-state index in [-0.39, 0.29) is 11.6 Å². The van der Waals surface area contributed by atoms with Crippen LogP contribution in [0.2, 0.25) is 0 Å². The molecular formula is C13H24N6O. The molecule has 112 valence electrons. The Kier molecular flexibility index (Phi) is 3.51. The number of aliphatic hydroxyl groups is 1. The van der Waals surface area contributed by atoms with Crippen molar-refractivity contribution in [1.29, 1.82) is 0 Å². The molecule has 0 amide bonds. The number of likely N-dealkylation sites (tertiary alicyclic amines) is 2. The third-order valence-electron chi connectivity index (χ3n) is 4.07. The molecule has 1 atom stereocenters. The van der Waals surface area contributed by atoms with Crippen molar-refractivity contribution in [2.75, 3.05) is 26.2 Å². The summed E-state index contributed by atoms with van der Waals surface area (Å²) in [4.78, 5) is 6.40. The Morgan fingerprint density at radius 3 is 2.55 bits per heavy atom. The van der Waals surface area contributed by atoms with Gasteiger partial charge in [-0.2, -0.15) is 4.80 Å². The first-order chi connectivity index (χ1) is 9.41. The zero-order valence-electron chi connectivity index (χ0n) is 12.5. The topological polar surface area (TPSA) is 70.3 Å². The summed E-state index contributed by atoms with van der Waals surface area (Å²) in [6, 6.07) is 0.588. The first-order valence-corrected chi connectivity index (χ1v) is 7.35. The summed E-state index contributed by atoms with van der Waals surface area (Å²) in [6.45, 7) is 10.9. The quantitative estimate of drug-likeness (QED) is 0.818. The van der Waals surface area contributed by atoms with Gasteiger partial charge >= 0.3 is 0 Å². The lowest BCUT2D eigenvalue weighted by atomic mass is 10.1. The molecule has 2 fully saturated rings. The molecular weight excluding hydrogens is 256 g/mol. The van der Waals surface area contributed by atoms with E-state index in [1.807, 2.05) is 0 Å². The molecule has 3 rings (SSSR count). The molecule has 0 radical (unpaired) electrons. The van der Waals surface area contributed by atoms with Gasteiger partial charge in [0, 0.05) is 32.2 Å². The maximum absolute atomic E-state index is 9.56. The van der Waals surface area contributed by atoms with Crippen molar-refractivity contribution in [2.45, 2.75) is 51.4 Å². The number of tetrazole rings is 1. The second-order valence-electron chi connectivity index (χ2n) is 6.95. The first-order valence-electron chi connectivity index (χ1n) is 7.35. The van der Waals surface area contributed by atoms with E-state index in [0.717, 1.165) is 45.0 Å². The normalized spacial score (nSPS) is 26.1. The van der Waals surface area contributed by atoms with Gasteiger partial charge in [-0.15, -0.1) is 10.2 Å². The maximum Gasteiger partial charge on any atom is 0.188 e. The van der Waals surface area contributed by atoms with E-state index in [4.69, 9.17) is 0 Å². The van der Waals surface area contributed by atoms with Crippen LogP contribution in [0, 0.1) is 0 Å². The van der Waals surface area contributed by atoms with Gasteiger partial charge in [-0.25, -0.2) is 0 Å². The molecule has 0 bridgehead atoms. The number of β-amino-alcohol motifs (C(OH)–C–C–N with tert-alkyl or cyclic N) is 1. The summed E-state index contributed by atoms with van der Waals surface area (Å²) in [5.41, 5.74) is -0.117. The van der Waals surface area contributed by atoms with Crippen LogP contribution in [0.15, 0.2) is 0 Å². The Balaban J connectivity index is 1.48. The number of nitrogens with zero attached hydrogens (tertiary/aromatic N) is 6. The van der Waals surface area contributed by atoms with Crippen LogP contribution in [0.5, 0.6) is 0 Å². The second kappa shape index (κ2) is 5.05. The number of rotatable bonds is 3. The molecule has 2 aliphatic rings. The Hall–Kier alpha value is -1.05. The standard InChI is InChI=1S/C13H24N6O/c1-13(2,3)19-15-12(14-16-19)9-17-6-10(7-17)18-5-4-11(20)8-18/h10-11,20H,4-9H2,1-3H3. The van der Waals surface area contributed by atoms with Crippen molar-refractivity contribution in [3.63, 3.8) is 0 Å². The fraction of sp³-hybridized carbons (Fsp3) is 0.923. The zero-order chi connectivity index (χ0) is 14.3. The van der Waals surface area contributed by atoms with Gasteiger partial charge < -0.3 is 5.11 Å². The smallest absolute Gasteiger partial charge is 0.188 e. The summed E-state index contributed by atoms with van der Waals surface area (Å²) in [7, 11) is 0. The van der Waals surface area contributed by atoms with Crippen LogP contribution in [0.1, 0.15) is 33.0 Å². The first kappa shape index (κ1) is 13.9. The lowest BCUT2D eigenvalue weighted by Gasteiger charge is -2.43. The average Bonchev–Trinajstić information content (AvgIpc) is 2.90.